The summed E-state index contributed by atoms with van der Waals surface area (Å²) >= 11 is 0. The first-order valence-corrected chi connectivity index (χ1v) is 3.69. The molecule has 0 spiro atoms. The Kier molecular flexibility index (Phi) is 3.67. The highest BCUT2D eigenvalue weighted by Crippen LogP contribution is 2.24. The first-order valence-electron chi connectivity index (χ1n) is 3.69. The van der Waals surface area contributed by atoms with Crippen molar-refractivity contribution < 1.29 is 14.3 Å². The number of carbonyl (C=O) groups excluding carboxylic acids is 2. The van der Waals surface area contributed by atoms with Gasteiger partial charge in [0.15, 0.2) is 0 Å². The SMILES string of the molecule is C=CCC(C)(C(C)=O)C(=O)OC. The molecule has 0 N–H and O–H groups in total. The molecule has 0 saturated carbocycles. The van der Waals surface area contributed by atoms with Crippen molar-refractivity contribution in [1.82, 2.24) is 0 Å². The summed E-state index contributed by atoms with van der Waals surface area (Å²) in [6.07, 6.45) is 1.85. The van der Waals surface area contributed by atoms with Crippen LogP contribution in [0.5, 0.6) is 0 Å². The monoisotopic (exact) mass is 170 g/mol. The molecule has 68 valence electrons. The van der Waals surface area contributed by atoms with Gasteiger partial charge in [-0.25, -0.2) is 0 Å². The molecule has 0 aliphatic heterocycles. The van der Waals surface area contributed by atoms with Gasteiger partial charge in [0.1, 0.15) is 11.2 Å². The molecule has 0 aliphatic carbocycles. The van der Waals surface area contributed by atoms with Crippen LogP contribution >= 0.6 is 0 Å². The Hall–Kier alpha value is -1.12. The number of carbonyl (C=O) groups is 2. The lowest BCUT2D eigenvalue weighted by Crippen LogP contribution is -2.35. The van der Waals surface area contributed by atoms with Gasteiger partial charge in [0.25, 0.3) is 0 Å². The largest absolute Gasteiger partial charge is 0.468 e. The molecule has 0 heterocycles. The van der Waals surface area contributed by atoms with E-state index in [9.17, 15) is 9.59 Å². The van der Waals surface area contributed by atoms with E-state index < -0.39 is 11.4 Å². The summed E-state index contributed by atoms with van der Waals surface area (Å²) in [5, 5.41) is 0. The summed E-state index contributed by atoms with van der Waals surface area (Å²) in [5.41, 5.74) is -1.06. The predicted molar refractivity (Wildman–Crippen MR) is 45.6 cm³/mol. The normalized spacial score (nSPS) is 14.6. The van der Waals surface area contributed by atoms with Gasteiger partial charge in [0.2, 0.25) is 0 Å². The van der Waals surface area contributed by atoms with Crippen LogP contribution < -0.4 is 0 Å². The fourth-order valence-electron chi connectivity index (χ4n) is 0.885. The predicted octanol–water partition coefficient (Wildman–Crippen LogP) is 1.33. The summed E-state index contributed by atoms with van der Waals surface area (Å²) in [6, 6.07) is 0. The molecule has 12 heavy (non-hydrogen) atoms. The van der Waals surface area contributed by atoms with Crippen molar-refractivity contribution >= 4 is 11.8 Å². The van der Waals surface area contributed by atoms with Gasteiger partial charge < -0.3 is 4.74 Å². The van der Waals surface area contributed by atoms with Crippen LogP contribution in [-0.4, -0.2) is 18.9 Å². The second kappa shape index (κ2) is 4.04. The van der Waals surface area contributed by atoms with E-state index in [1.165, 1.54) is 14.0 Å². The number of methoxy groups -OCH3 is 1. The Bertz CT molecular complexity index is 208. The molecule has 1 atom stereocenters. The highest BCUT2D eigenvalue weighted by molar-refractivity contribution is 6.02. The molecule has 0 aliphatic rings. The van der Waals surface area contributed by atoms with E-state index in [4.69, 9.17) is 0 Å². The molecular formula is C9H14O3. The second-order valence-electron chi connectivity index (χ2n) is 2.87. The Morgan fingerprint density at radius 3 is 2.33 bits per heavy atom. The van der Waals surface area contributed by atoms with Gasteiger partial charge in [-0.15, -0.1) is 6.58 Å². The number of esters is 1. The number of Topliss-reactive ketones (excluding diaryl/α,β-unsaturated/α-hetero) is 1. The number of rotatable bonds is 4. The number of allylic oxidation sites excluding steroid dienone is 1. The van der Waals surface area contributed by atoms with Gasteiger partial charge in [-0.3, -0.25) is 9.59 Å². The van der Waals surface area contributed by atoms with Crippen molar-refractivity contribution in [2.24, 2.45) is 5.41 Å². The van der Waals surface area contributed by atoms with Gasteiger partial charge in [0.05, 0.1) is 7.11 Å². The van der Waals surface area contributed by atoms with E-state index in [2.05, 4.69) is 11.3 Å². The highest BCUT2D eigenvalue weighted by atomic mass is 16.5. The van der Waals surface area contributed by atoms with Gasteiger partial charge >= 0.3 is 5.97 Å². The summed E-state index contributed by atoms with van der Waals surface area (Å²) in [4.78, 5) is 22.3. The standard InChI is InChI=1S/C9H14O3/c1-5-6-9(3,7(2)10)8(11)12-4/h5H,1,6H2,2-4H3. The third-order valence-corrected chi connectivity index (χ3v) is 1.97. The van der Waals surface area contributed by atoms with E-state index in [0.717, 1.165) is 0 Å². The van der Waals surface area contributed by atoms with Gasteiger partial charge in [-0.05, 0) is 20.3 Å². The van der Waals surface area contributed by atoms with Gasteiger partial charge in [0, 0.05) is 0 Å². The summed E-state index contributed by atoms with van der Waals surface area (Å²) in [7, 11) is 1.27. The van der Waals surface area contributed by atoms with E-state index in [1.807, 2.05) is 0 Å². The molecule has 1 unspecified atom stereocenters. The zero-order valence-corrected chi connectivity index (χ0v) is 7.72. The Labute approximate surface area is 72.4 Å². The third-order valence-electron chi connectivity index (χ3n) is 1.97. The topological polar surface area (TPSA) is 43.4 Å². The van der Waals surface area contributed by atoms with Crippen molar-refractivity contribution in [3.63, 3.8) is 0 Å². The third kappa shape index (κ3) is 1.94. The van der Waals surface area contributed by atoms with Crippen LogP contribution in [0.15, 0.2) is 12.7 Å². The number of ketones is 1. The minimum Gasteiger partial charge on any atom is -0.468 e. The number of ether oxygens (including phenoxy) is 1. The van der Waals surface area contributed by atoms with Crippen molar-refractivity contribution in [3.05, 3.63) is 12.7 Å². The lowest BCUT2D eigenvalue weighted by molar-refractivity contribution is -0.156. The zero-order chi connectivity index (χ0) is 9.78. The molecule has 0 aromatic rings. The summed E-state index contributed by atoms with van der Waals surface area (Å²) in [6.45, 7) is 6.42. The minimum absolute atomic E-state index is 0.200. The number of hydrogen-bond acceptors (Lipinski definition) is 3. The Morgan fingerprint density at radius 1 is 1.58 bits per heavy atom. The fraction of sp³-hybridized carbons (Fsp3) is 0.556. The highest BCUT2D eigenvalue weighted by Gasteiger charge is 2.37. The average molecular weight is 170 g/mol. The lowest BCUT2D eigenvalue weighted by Gasteiger charge is -2.21. The molecule has 0 amide bonds. The Morgan fingerprint density at radius 2 is 2.08 bits per heavy atom. The first-order chi connectivity index (χ1) is 5.49. The lowest BCUT2D eigenvalue weighted by atomic mass is 9.83. The van der Waals surface area contributed by atoms with Crippen LogP contribution in [0.25, 0.3) is 0 Å². The quantitative estimate of drug-likeness (QED) is 0.363. The molecule has 0 radical (unpaired) electrons. The van der Waals surface area contributed by atoms with Crippen LogP contribution in [0.3, 0.4) is 0 Å². The van der Waals surface area contributed by atoms with Crippen molar-refractivity contribution in [1.29, 1.82) is 0 Å². The van der Waals surface area contributed by atoms with E-state index in [0.29, 0.717) is 6.42 Å². The van der Waals surface area contributed by atoms with E-state index in [1.54, 1.807) is 13.0 Å². The first kappa shape index (κ1) is 10.9. The minimum atomic E-state index is -1.06. The van der Waals surface area contributed by atoms with Crippen molar-refractivity contribution in [2.75, 3.05) is 7.11 Å². The van der Waals surface area contributed by atoms with Gasteiger partial charge in [-0.1, -0.05) is 6.08 Å². The van der Waals surface area contributed by atoms with Crippen molar-refractivity contribution in [3.8, 4) is 0 Å². The Balaban J connectivity index is 4.72. The summed E-state index contributed by atoms with van der Waals surface area (Å²) in [5.74, 6) is -0.704. The van der Waals surface area contributed by atoms with Gasteiger partial charge in [-0.2, -0.15) is 0 Å². The molecule has 3 nitrogen and oxygen atoms in total. The van der Waals surface area contributed by atoms with Crippen molar-refractivity contribution in [2.45, 2.75) is 20.3 Å². The van der Waals surface area contributed by atoms with E-state index >= 15 is 0 Å². The molecule has 0 aromatic heterocycles. The molecule has 0 saturated heterocycles. The average Bonchev–Trinajstić information content (AvgIpc) is 2.03. The zero-order valence-electron chi connectivity index (χ0n) is 7.72. The van der Waals surface area contributed by atoms with Crippen LogP contribution in [0.4, 0.5) is 0 Å². The molecule has 0 aromatic carbocycles. The smallest absolute Gasteiger partial charge is 0.319 e. The van der Waals surface area contributed by atoms with Crippen LogP contribution in [0, 0.1) is 5.41 Å². The van der Waals surface area contributed by atoms with E-state index in [-0.39, 0.29) is 5.78 Å². The second-order valence-corrected chi connectivity index (χ2v) is 2.87. The number of hydrogen-bond donors (Lipinski definition) is 0. The maximum Gasteiger partial charge on any atom is 0.319 e. The van der Waals surface area contributed by atoms with Crippen LogP contribution in [-0.2, 0) is 14.3 Å². The summed E-state index contributed by atoms with van der Waals surface area (Å²) < 4.78 is 4.52. The maximum absolute atomic E-state index is 11.2. The molecular weight excluding hydrogens is 156 g/mol. The molecule has 0 rings (SSSR count). The molecule has 3 heteroatoms. The molecule has 0 fully saturated rings. The van der Waals surface area contributed by atoms with Crippen LogP contribution in [0.1, 0.15) is 20.3 Å². The molecule has 0 bridgehead atoms. The fourth-order valence-corrected chi connectivity index (χ4v) is 0.885. The maximum atomic E-state index is 11.2. The van der Waals surface area contributed by atoms with Crippen LogP contribution in [0.2, 0.25) is 0 Å².